The lowest BCUT2D eigenvalue weighted by Gasteiger charge is -2.16. The molecule has 0 saturated heterocycles. The van der Waals surface area contributed by atoms with E-state index < -0.39 is 10.0 Å². The first-order valence-electron chi connectivity index (χ1n) is 6.15. The van der Waals surface area contributed by atoms with Crippen LogP contribution in [-0.4, -0.2) is 39.5 Å². The normalized spacial score (nSPS) is 15.9. The van der Waals surface area contributed by atoms with Gasteiger partial charge in [-0.25, -0.2) is 13.1 Å². The number of halogens is 1. The van der Waals surface area contributed by atoms with E-state index in [1.165, 1.54) is 18.9 Å². The maximum atomic E-state index is 12.1. The predicted molar refractivity (Wildman–Crippen MR) is 79.4 cm³/mol. The summed E-state index contributed by atoms with van der Waals surface area (Å²) in [6.45, 7) is 1.13. The Labute approximate surface area is 122 Å². The van der Waals surface area contributed by atoms with Crippen molar-refractivity contribution in [2.24, 2.45) is 0 Å². The van der Waals surface area contributed by atoms with Gasteiger partial charge < -0.3 is 10.6 Å². The van der Waals surface area contributed by atoms with Crippen LogP contribution in [0.1, 0.15) is 12.8 Å². The van der Waals surface area contributed by atoms with Crippen molar-refractivity contribution in [3.05, 3.63) is 22.7 Å². The SMILES string of the molecule is CN(CCNS(=O)(=O)c1ccc(N)cc1Br)C1CC1. The lowest BCUT2D eigenvalue weighted by Crippen LogP contribution is -2.34. The molecule has 0 unspecified atom stereocenters. The molecule has 7 heteroatoms. The molecule has 19 heavy (non-hydrogen) atoms. The van der Waals surface area contributed by atoms with Crippen molar-refractivity contribution in [1.29, 1.82) is 0 Å². The van der Waals surface area contributed by atoms with Crippen molar-refractivity contribution in [3.8, 4) is 0 Å². The standard InChI is InChI=1S/C12H18BrN3O2S/c1-16(10-3-4-10)7-6-15-19(17,18)12-5-2-9(14)8-11(12)13/h2,5,8,10,15H,3-4,6-7,14H2,1H3. The summed E-state index contributed by atoms with van der Waals surface area (Å²) in [6.07, 6.45) is 2.43. The van der Waals surface area contributed by atoms with Gasteiger partial charge in [0.25, 0.3) is 0 Å². The minimum absolute atomic E-state index is 0.218. The lowest BCUT2D eigenvalue weighted by atomic mass is 10.3. The van der Waals surface area contributed by atoms with Gasteiger partial charge in [0.2, 0.25) is 10.0 Å². The Balaban J connectivity index is 1.97. The van der Waals surface area contributed by atoms with Gasteiger partial charge in [-0.3, -0.25) is 0 Å². The van der Waals surface area contributed by atoms with Crippen molar-refractivity contribution >= 4 is 31.6 Å². The molecule has 0 heterocycles. The third-order valence-corrected chi connectivity index (χ3v) is 5.61. The van der Waals surface area contributed by atoms with Crippen molar-refractivity contribution in [2.75, 3.05) is 25.9 Å². The molecule has 0 radical (unpaired) electrons. The van der Waals surface area contributed by atoms with Crippen LogP contribution in [0.25, 0.3) is 0 Å². The van der Waals surface area contributed by atoms with Crippen LogP contribution in [0.2, 0.25) is 0 Å². The topological polar surface area (TPSA) is 75.4 Å². The summed E-state index contributed by atoms with van der Waals surface area (Å²) in [5, 5.41) is 0. The summed E-state index contributed by atoms with van der Waals surface area (Å²) < 4.78 is 27.4. The second-order valence-electron chi connectivity index (χ2n) is 4.80. The molecule has 1 saturated carbocycles. The molecule has 106 valence electrons. The molecule has 0 bridgehead atoms. The van der Waals surface area contributed by atoms with Gasteiger partial charge in [0.05, 0.1) is 4.90 Å². The molecule has 0 aliphatic heterocycles. The Kier molecular flexibility index (Phi) is 4.50. The molecule has 1 fully saturated rings. The third-order valence-electron chi connectivity index (χ3n) is 3.17. The van der Waals surface area contributed by atoms with Gasteiger partial charge in [0, 0.05) is 29.3 Å². The number of nitrogen functional groups attached to an aromatic ring is 1. The van der Waals surface area contributed by atoms with Gasteiger partial charge in [-0.05, 0) is 54.0 Å². The van der Waals surface area contributed by atoms with Crippen LogP contribution in [0.3, 0.4) is 0 Å². The molecule has 3 N–H and O–H groups in total. The number of likely N-dealkylation sites (N-methyl/N-ethyl adjacent to an activating group) is 1. The first-order valence-corrected chi connectivity index (χ1v) is 8.43. The predicted octanol–water partition coefficient (Wildman–Crippen LogP) is 1.40. The molecule has 0 amide bonds. The summed E-state index contributed by atoms with van der Waals surface area (Å²) in [4.78, 5) is 2.40. The van der Waals surface area contributed by atoms with E-state index in [-0.39, 0.29) is 4.90 Å². The Morgan fingerprint density at radius 1 is 1.47 bits per heavy atom. The highest BCUT2D eigenvalue weighted by atomic mass is 79.9. The number of benzene rings is 1. The van der Waals surface area contributed by atoms with Crippen molar-refractivity contribution in [2.45, 2.75) is 23.8 Å². The quantitative estimate of drug-likeness (QED) is 0.762. The van der Waals surface area contributed by atoms with Crippen LogP contribution in [0, 0.1) is 0 Å². The van der Waals surface area contributed by atoms with Gasteiger partial charge in [-0.15, -0.1) is 0 Å². The first-order chi connectivity index (χ1) is 8.90. The second kappa shape index (κ2) is 5.78. The zero-order valence-electron chi connectivity index (χ0n) is 10.8. The second-order valence-corrected chi connectivity index (χ2v) is 7.39. The van der Waals surface area contributed by atoms with Crippen LogP contribution in [0.4, 0.5) is 5.69 Å². The van der Waals surface area contributed by atoms with E-state index in [0.29, 0.717) is 22.7 Å². The molecule has 5 nitrogen and oxygen atoms in total. The van der Waals surface area contributed by atoms with Crippen LogP contribution in [0.5, 0.6) is 0 Å². The zero-order valence-corrected chi connectivity index (χ0v) is 13.2. The van der Waals surface area contributed by atoms with Crippen LogP contribution in [0.15, 0.2) is 27.6 Å². The average molecular weight is 348 g/mol. The van der Waals surface area contributed by atoms with Gasteiger partial charge in [0.1, 0.15) is 0 Å². The molecule has 0 atom stereocenters. The van der Waals surface area contributed by atoms with Gasteiger partial charge in [-0.1, -0.05) is 0 Å². The average Bonchev–Trinajstić information content (AvgIpc) is 3.11. The Morgan fingerprint density at radius 3 is 2.74 bits per heavy atom. The number of hydrogen-bond acceptors (Lipinski definition) is 4. The molecule has 2 rings (SSSR count). The van der Waals surface area contributed by atoms with E-state index in [4.69, 9.17) is 5.73 Å². The number of sulfonamides is 1. The maximum Gasteiger partial charge on any atom is 0.241 e. The van der Waals surface area contributed by atoms with E-state index in [1.807, 2.05) is 7.05 Å². The van der Waals surface area contributed by atoms with Gasteiger partial charge in [-0.2, -0.15) is 0 Å². The van der Waals surface area contributed by atoms with Crippen molar-refractivity contribution in [3.63, 3.8) is 0 Å². The highest BCUT2D eigenvalue weighted by Gasteiger charge is 2.26. The van der Waals surface area contributed by atoms with Crippen molar-refractivity contribution in [1.82, 2.24) is 9.62 Å². The Hall–Kier alpha value is -0.630. The number of hydrogen-bond donors (Lipinski definition) is 2. The van der Waals surface area contributed by atoms with E-state index in [0.717, 1.165) is 6.54 Å². The fourth-order valence-electron chi connectivity index (χ4n) is 1.87. The molecular formula is C12H18BrN3O2S. The van der Waals surface area contributed by atoms with E-state index in [1.54, 1.807) is 12.1 Å². The van der Waals surface area contributed by atoms with Crippen LogP contribution >= 0.6 is 15.9 Å². The van der Waals surface area contributed by atoms with Crippen molar-refractivity contribution < 1.29 is 8.42 Å². The highest BCUT2D eigenvalue weighted by molar-refractivity contribution is 9.10. The smallest absolute Gasteiger partial charge is 0.241 e. The van der Waals surface area contributed by atoms with E-state index in [2.05, 4.69) is 25.6 Å². The largest absolute Gasteiger partial charge is 0.399 e. The Morgan fingerprint density at radius 2 is 2.16 bits per heavy atom. The molecule has 1 aliphatic rings. The molecule has 1 aliphatic carbocycles. The molecule has 1 aromatic rings. The zero-order chi connectivity index (χ0) is 14.0. The highest BCUT2D eigenvalue weighted by Crippen LogP contribution is 2.25. The molecule has 0 aromatic heterocycles. The number of nitrogens with one attached hydrogen (secondary N) is 1. The first kappa shape index (κ1) is 14.8. The minimum Gasteiger partial charge on any atom is -0.399 e. The monoisotopic (exact) mass is 347 g/mol. The molecule has 0 spiro atoms. The summed E-state index contributed by atoms with van der Waals surface area (Å²) in [5.74, 6) is 0. The van der Waals surface area contributed by atoms with E-state index >= 15 is 0 Å². The number of rotatable bonds is 6. The van der Waals surface area contributed by atoms with E-state index in [9.17, 15) is 8.42 Å². The maximum absolute atomic E-state index is 12.1. The summed E-state index contributed by atoms with van der Waals surface area (Å²) >= 11 is 3.23. The number of nitrogens with zero attached hydrogens (tertiary/aromatic N) is 1. The fraction of sp³-hybridized carbons (Fsp3) is 0.500. The number of anilines is 1. The summed E-state index contributed by atoms with van der Waals surface area (Å²) in [5.41, 5.74) is 6.13. The summed E-state index contributed by atoms with van der Waals surface area (Å²) in [7, 11) is -1.47. The third kappa shape index (κ3) is 3.92. The van der Waals surface area contributed by atoms with Gasteiger partial charge in [0.15, 0.2) is 0 Å². The summed E-state index contributed by atoms with van der Waals surface area (Å²) in [6, 6.07) is 5.31. The van der Waals surface area contributed by atoms with Crippen LogP contribution in [-0.2, 0) is 10.0 Å². The Bertz CT molecular complexity index is 558. The minimum atomic E-state index is -3.49. The van der Waals surface area contributed by atoms with Crippen LogP contribution < -0.4 is 10.5 Å². The lowest BCUT2D eigenvalue weighted by molar-refractivity contribution is 0.329. The molecule has 1 aromatic carbocycles. The number of nitrogens with two attached hydrogens (primary N) is 1. The molecular weight excluding hydrogens is 330 g/mol. The van der Waals surface area contributed by atoms with Gasteiger partial charge >= 0.3 is 0 Å². The fourth-order valence-corrected chi connectivity index (χ4v) is 3.98.